The Morgan fingerprint density at radius 1 is 0.879 bits per heavy atom. The summed E-state index contributed by atoms with van der Waals surface area (Å²) in [5.41, 5.74) is 6.39. The summed E-state index contributed by atoms with van der Waals surface area (Å²) in [6, 6.07) is 26.6. The topological polar surface area (TPSA) is 53.4 Å². The maximum atomic E-state index is 10.6. The minimum absolute atomic E-state index is 0.0354. The lowest BCUT2D eigenvalue weighted by Crippen LogP contribution is -2.10. The Morgan fingerprint density at radius 3 is 2.45 bits per heavy atom. The molecule has 0 fully saturated rings. The van der Waals surface area contributed by atoms with E-state index >= 15 is 0 Å². The number of hydrogen-bond acceptors (Lipinski definition) is 3. The van der Waals surface area contributed by atoms with Crippen molar-refractivity contribution in [2.75, 3.05) is 6.61 Å². The smallest absolute Gasteiger partial charge is 0.0790 e. The zero-order valence-corrected chi connectivity index (χ0v) is 19.7. The molecule has 1 aromatic heterocycles. The molecule has 3 nitrogen and oxygen atoms in total. The molecular weight excluding hydrogens is 430 g/mol. The first-order valence-electron chi connectivity index (χ1n) is 11.6. The highest BCUT2D eigenvalue weighted by molar-refractivity contribution is 6.31. The molecule has 0 aliphatic heterocycles. The Hall–Kier alpha value is -2.72. The summed E-state index contributed by atoms with van der Waals surface area (Å²) in [6.45, 7) is 2.08. The lowest BCUT2D eigenvalue weighted by atomic mass is 9.83. The van der Waals surface area contributed by atoms with Crippen LogP contribution in [0.5, 0.6) is 0 Å². The van der Waals surface area contributed by atoms with Gasteiger partial charge in [-0.25, -0.2) is 0 Å². The van der Waals surface area contributed by atoms with Crippen molar-refractivity contribution >= 4 is 22.5 Å². The van der Waals surface area contributed by atoms with Gasteiger partial charge in [-0.05, 0) is 66.1 Å². The average Bonchev–Trinajstić information content (AvgIpc) is 2.85. The fourth-order valence-electron chi connectivity index (χ4n) is 4.49. The number of aliphatic hydroxyl groups excluding tert-OH is 2. The zero-order valence-electron chi connectivity index (χ0n) is 18.9. The molecule has 1 heterocycles. The molecule has 4 aromatic rings. The number of halogens is 1. The Balaban J connectivity index is 1.57. The van der Waals surface area contributed by atoms with Gasteiger partial charge in [-0.3, -0.25) is 4.98 Å². The first-order valence-corrected chi connectivity index (χ1v) is 12.0. The van der Waals surface area contributed by atoms with Gasteiger partial charge >= 0.3 is 0 Å². The van der Waals surface area contributed by atoms with Crippen LogP contribution < -0.4 is 0 Å². The van der Waals surface area contributed by atoms with Crippen molar-refractivity contribution < 1.29 is 10.2 Å². The summed E-state index contributed by atoms with van der Waals surface area (Å²) in [4.78, 5) is 4.78. The van der Waals surface area contributed by atoms with E-state index in [0.29, 0.717) is 17.9 Å². The van der Waals surface area contributed by atoms with E-state index in [1.165, 1.54) is 5.56 Å². The number of benzene rings is 3. The molecule has 0 bridgehead atoms. The molecule has 0 amide bonds. The van der Waals surface area contributed by atoms with E-state index in [1.54, 1.807) is 0 Å². The van der Waals surface area contributed by atoms with Crippen LogP contribution in [-0.4, -0.2) is 21.8 Å². The Bertz CT molecular complexity index is 1220. The third kappa shape index (κ3) is 5.62. The average molecular weight is 460 g/mol. The van der Waals surface area contributed by atoms with Crippen LogP contribution in [0.2, 0.25) is 5.02 Å². The number of aromatic nitrogens is 1. The van der Waals surface area contributed by atoms with Gasteiger partial charge in [0.25, 0.3) is 0 Å². The lowest BCUT2D eigenvalue weighted by Gasteiger charge is -2.23. The van der Waals surface area contributed by atoms with E-state index < -0.39 is 6.10 Å². The standard InChI is InChI=1S/C29H30ClNO2/c1-2-29(33)27-9-4-3-8-26(27)25(16-17-32)22-7-5-6-20(18-22)10-14-24-15-12-21-11-13-23(30)19-28(21)31-24/h3-9,11-13,15,18-19,25,29,32-33H,2,10,14,16-17H2,1H3. The van der Waals surface area contributed by atoms with Crippen LogP contribution in [0.1, 0.15) is 59.7 Å². The summed E-state index contributed by atoms with van der Waals surface area (Å²) >= 11 is 6.13. The van der Waals surface area contributed by atoms with Gasteiger partial charge in [-0.2, -0.15) is 0 Å². The first kappa shape index (κ1) is 23.4. The van der Waals surface area contributed by atoms with Crippen molar-refractivity contribution in [2.24, 2.45) is 0 Å². The van der Waals surface area contributed by atoms with Crippen molar-refractivity contribution in [2.45, 2.75) is 44.6 Å². The van der Waals surface area contributed by atoms with Crippen LogP contribution in [-0.2, 0) is 12.8 Å². The van der Waals surface area contributed by atoms with Crippen LogP contribution in [0.3, 0.4) is 0 Å². The maximum absolute atomic E-state index is 10.6. The lowest BCUT2D eigenvalue weighted by molar-refractivity contribution is 0.172. The molecular formula is C29H30ClNO2. The number of rotatable bonds is 9. The normalized spacial score (nSPS) is 13.2. The molecule has 0 aliphatic rings. The highest BCUT2D eigenvalue weighted by Gasteiger charge is 2.20. The largest absolute Gasteiger partial charge is 0.396 e. The van der Waals surface area contributed by atoms with Gasteiger partial charge in [0.05, 0.1) is 11.6 Å². The van der Waals surface area contributed by atoms with Crippen LogP contribution >= 0.6 is 11.6 Å². The summed E-state index contributed by atoms with van der Waals surface area (Å²) in [5.74, 6) is 0.0354. The van der Waals surface area contributed by atoms with Gasteiger partial charge in [0.1, 0.15) is 0 Å². The molecule has 4 heteroatoms. The minimum Gasteiger partial charge on any atom is -0.396 e. The summed E-state index contributed by atoms with van der Waals surface area (Å²) < 4.78 is 0. The molecule has 2 unspecified atom stereocenters. The van der Waals surface area contributed by atoms with Gasteiger partial charge < -0.3 is 10.2 Å². The highest BCUT2D eigenvalue weighted by atomic mass is 35.5. The van der Waals surface area contributed by atoms with Crippen molar-refractivity contribution in [3.8, 4) is 0 Å². The Labute approximate surface area is 200 Å². The van der Waals surface area contributed by atoms with E-state index in [-0.39, 0.29) is 12.5 Å². The second-order valence-electron chi connectivity index (χ2n) is 8.50. The molecule has 0 saturated heterocycles. The zero-order chi connectivity index (χ0) is 23.2. The third-order valence-corrected chi connectivity index (χ3v) is 6.51. The first-order chi connectivity index (χ1) is 16.1. The molecule has 2 atom stereocenters. The molecule has 0 radical (unpaired) electrons. The molecule has 3 aromatic carbocycles. The van der Waals surface area contributed by atoms with Crippen LogP contribution in [0.25, 0.3) is 10.9 Å². The van der Waals surface area contributed by atoms with Gasteiger partial charge in [0, 0.05) is 28.6 Å². The van der Waals surface area contributed by atoms with Crippen LogP contribution in [0.15, 0.2) is 78.9 Å². The maximum Gasteiger partial charge on any atom is 0.0790 e. The van der Waals surface area contributed by atoms with Crippen molar-refractivity contribution in [1.82, 2.24) is 4.98 Å². The van der Waals surface area contributed by atoms with E-state index in [9.17, 15) is 10.2 Å². The number of pyridine rings is 1. The highest BCUT2D eigenvalue weighted by Crippen LogP contribution is 2.34. The van der Waals surface area contributed by atoms with Crippen LogP contribution in [0, 0.1) is 0 Å². The molecule has 170 valence electrons. The van der Waals surface area contributed by atoms with E-state index in [4.69, 9.17) is 16.6 Å². The van der Waals surface area contributed by atoms with Crippen molar-refractivity contribution in [1.29, 1.82) is 0 Å². The predicted molar refractivity (Wildman–Crippen MR) is 136 cm³/mol. The van der Waals surface area contributed by atoms with Gasteiger partial charge in [0.2, 0.25) is 0 Å². The number of hydrogen-bond donors (Lipinski definition) is 2. The molecule has 0 aliphatic carbocycles. The Kier molecular flexibility index (Phi) is 7.77. The minimum atomic E-state index is -0.502. The van der Waals surface area contributed by atoms with E-state index in [1.807, 2.05) is 43.3 Å². The number of fused-ring (bicyclic) bond motifs is 1. The predicted octanol–water partition coefficient (Wildman–Crippen LogP) is 6.63. The fourth-order valence-corrected chi connectivity index (χ4v) is 4.66. The molecule has 2 N–H and O–H groups in total. The summed E-state index contributed by atoms with van der Waals surface area (Å²) in [6.07, 6.45) is 2.48. The third-order valence-electron chi connectivity index (χ3n) is 6.27. The molecule has 0 spiro atoms. The molecule has 4 rings (SSSR count). The van der Waals surface area contributed by atoms with Gasteiger partial charge in [0.15, 0.2) is 0 Å². The number of nitrogens with zero attached hydrogens (tertiary/aromatic N) is 1. The van der Waals surface area contributed by atoms with Gasteiger partial charge in [-0.15, -0.1) is 0 Å². The quantitative estimate of drug-likeness (QED) is 0.295. The monoisotopic (exact) mass is 459 g/mol. The molecule has 33 heavy (non-hydrogen) atoms. The Morgan fingerprint density at radius 2 is 1.67 bits per heavy atom. The van der Waals surface area contributed by atoms with Gasteiger partial charge in [-0.1, -0.05) is 79.2 Å². The second-order valence-corrected chi connectivity index (χ2v) is 8.94. The second kappa shape index (κ2) is 10.9. The van der Waals surface area contributed by atoms with Crippen molar-refractivity contribution in [3.63, 3.8) is 0 Å². The molecule has 0 saturated carbocycles. The summed E-state index contributed by atoms with van der Waals surface area (Å²) in [5, 5.41) is 22.1. The number of aryl methyl sites for hydroxylation is 2. The van der Waals surface area contributed by atoms with Crippen molar-refractivity contribution in [3.05, 3.63) is 112 Å². The fraction of sp³-hybridized carbons (Fsp3) is 0.276. The van der Waals surface area contributed by atoms with E-state index in [2.05, 4.69) is 42.5 Å². The van der Waals surface area contributed by atoms with E-state index in [0.717, 1.165) is 46.1 Å². The SMILES string of the molecule is CCC(O)c1ccccc1C(CCO)c1cccc(CCc2ccc3ccc(Cl)cc3n2)c1. The number of aliphatic hydroxyl groups is 2. The summed E-state index contributed by atoms with van der Waals surface area (Å²) in [7, 11) is 0. The van der Waals surface area contributed by atoms with Crippen LogP contribution in [0.4, 0.5) is 0 Å².